The number of nitro groups is 2. The Balaban J connectivity index is 0. The number of benzene rings is 5. The molecule has 8 heterocycles. The second kappa shape index (κ2) is 71.6. The van der Waals surface area contributed by atoms with Gasteiger partial charge in [0.05, 0.1) is 71.0 Å². The van der Waals surface area contributed by atoms with Gasteiger partial charge in [-0.05, 0) is 219 Å². The van der Waals surface area contributed by atoms with E-state index in [1.54, 1.807) is 83.3 Å². The van der Waals surface area contributed by atoms with Gasteiger partial charge in [0.25, 0.3) is 23.8 Å². The molecule has 13 rings (SSSR count). The summed E-state index contributed by atoms with van der Waals surface area (Å²) in [4.78, 5) is 125. The van der Waals surface area contributed by atoms with Crippen LogP contribution in [0.2, 0.25) is 5.02 Å². The number of nitrogen functional groups attached to an aromatic ring is 2. The number of aryl methyl sites for hydroxylation is 4. The van der Waals surface area contributed by atoms with Gasteiger partial charge in [0.2, 0.25) is 11.9 Å². The molecule has 0 radical (unpaired) electrons. The number of nitrogens with one attached hydrogen (secondary N) is 3. The zero-order chi connectivity index (χ0) is 105. The molecule has 51 heteroatoms. The smallest absolute Gasteiger partial charge is 0.870 e. The SMILES string of the molecule is C=CCC(N)CCCOc1cc(C(C)=O)cc([N+](=O)[O-])c1Cl.C=CCC1CCCOc2cc(C(C)=O)cc(N)c2N1.C=CCC1CCCOc2cc(C(C)=O)cc([N+](=O)[O-])c2N1.C=CCC1CCCOc2cc(C(C)=O)cc3nc(N)n1c23.C=CCC1CCCOc2cc(C(C)=O)cc3nc(NC(=O)c4cc(C)nn4CC)n1c23.CCn1nc(C)cc1C(=O)O.N#CBr.O=CO[O-].O=S(=O)=S(=O)=O.[H-].[K+].[K+].[Na+].[Na][Na].[OH-]. The van der Waals surface area contributed by atoms with Gasteiger partial charge in [0.15, 0.2) is 39.6 Å². The molecule has 0 saturated heterocycles. The number of anilines is 5. The van der Waals surface area contributed by atoms with Crippen LogP contribution in [0, 0.1) is 44.3 Å². The number of nitriles is 1. The molecule has 1 amide bonds. The summed E-state index contributed by atoms with van der Waals surface area (Å²) in [6.45, 7) is 37.2. The predicted molar refractivity (Wildman–Crippen MR) is 539 cm³/mol. The number of Topliss-reactive ketones (excluding diaryl/α,β-unsaturated/α-hetero) is 5. The second-order valence-electron chi connectivity index (χ2n) is 31.0. The third-order valence-corrected chi connectivity index (χ3v) is 22.1. The number of nitrogens with two attached hydrogens (primary N) is 3. The fourth-order valence-electron chi connectivity index (χ4n) is 14.6. The number of carbonyl (C=O) groups excluding carboxylic acids is 7. The van der Waals surface area contributed by atoms with Crippen molar-refractivity contribution in [2.45, 2.75) is 202 Å². The van der Waals surface area contributed by atoms with Crippen molar-refractivity contribution < 1.29 is 243 Å². The summed E-state index contributed by atoms with van der Waals surface area (Å²) in [5.41, 5.74) is 26.6. The standard InChI is InChI=1S/C23H27N5O3.C16H19N3O2.C15H19ClN2O4.C15H18N2O4.C15H20N2O2.C7H10N2O2.CBrN.CH2O3.2K.3Na.O4S2.H2O.H/c1-5-8-17-9-7-10-31-20-13-16(15(4)29)12-18-21(20)28(17)23(24-18)25-22(30)19-11-14(3)26-27(19)6-2;1-3-5-12-6-4-7-21-14-9-11(10(2)20)8-13-15(14)19(12)16(17)18-13;1-3-5-12(17)6-4-7-22-14-9-11(10(2)19)8-13(15(14)16)18(20)21;1-3-5-12-6-4-7-21-14-9-11(10(2)18)8-13(17(19)20)15(14)16-12;1-3-5-12-6-4-7-19-14-9-11(10(2)18)8-13(16)15(14)17-12;1-3-9-6(7(10)11)4-5(2)8-9;2-1-3;2-1-4-3;;;;;;1-5(2)6(3)4;;/h5,11-13,17H,1,6-10H2,2-4H3,(H,24,25,30);3,8-9,12H,1,4-7H2,2H3,(H2,17,18);3,8-9,12H,1,4-7,17H2,2H3;3,8-9,12,16H,1,4-7H2,2H3;3,8-9,12,17H,1,4-7,16H2,2H3;4H,3H2,1-2H3,(H,10,11);;1,3H;;;;;;;1H2;/q;;;;;;;;2*+1;;;+1;;;-1/p-2. The number of halogens is 2. The van der Waals surface area contributed by atoms with Crippen LogP contribution in [0.3, 0.4) is 0 Å². The molecule has 5 aromatic carbocycles. The number of nitrogens with zero attached hydrogens (tertiary/aromatic N) is 11. The number of ketones is 5. The van der Waals surface area contributed by atoms with Crippen molar-refractivity contribution in [2.75, 3.05) is 60.5 Å². The average molecular weight is 2200 g/mol. The monoisotopic (exact) mass is 2200 g/mol. The van der Waals surface area contributed by atoms with E-state index in [0.29, 0.717) is 151 Å². The number of aromatic nitrogens is 8. The molecule has 754 valence electrons. The fraction of sp³-hybridized carbons (Fsp3) is 0.387. The zero-order valence-electron chi connectivity index (χ0n) is 84.4. The van der Waals surface area contributed by atoms with Crippen LogP contribution < -0.4 is 194 Å². The number of carboxylic acids is 1. The Morgan fingerprint density at radius 3 is 1.43 bits per heavy atom. The first-order valence-corrected chi connectivity index (χ1v) is 56.2. The Labute approximate surface area is 987 Å². The van der Waals surface area contributed by atoms with E-state index < -0.39 is 34.3 Å². The third kappa shape index (κ3) is 42.9. The van der Waals surface area contributed by atoms with Crippen molar-refractivity contribution in [3.63, 3.8) is 0 Å². The van der Waals surface area contributed by atoms with Gasteiger partial charge in [0, 0.05) is 99.2 Å². The number of hydrogen-bond acceptors (Lipinski definition) is 34. The van der Waals surface area contributed by atoms with Crippen LogP contribution in [0.15, 0.2) is 136 Å². The number of allylic oxidation sites excluding steroid dienone is 2. The summed E-state index contributed by atoms with van der Waals surface area (Å²) in [7, 11) is -5.90. The number of ether oxygens (including phenoxy) is 5. The molecule has 9 aromatic rings. The number of carbonyl (C=O) groups is 8. The minimum Gasteiger partial charge on any atom is -0.870 e. The number of aromatic carboxylic acids is 1. The maximum atomic E-state index is 13.1. The fourth-order valence-corrected chi connectivity index (χ4v) is 14.8. The number of rotatable bonds is 28. The average Bonchev–Trinajstić information content (AvgIpc) is 1.60. The number of fused-ring (bicyclic) bond motifs is 2. The largest absolute Gasteiger partial charge is 0.870 e. The van der Waals surface area contributed by atoms with Crippen LogP contribution in [0.5, 0.6) is 28.7 Å². The molecule has 4 aliphatic heterocycles. The first-order chi connectivity index (χ1) is 66.7. The molecule has 144 heavy (non-hydrogen) atoms. The van der Waals surface area contributed by atoms with Gasteiger partial charge in [0.1, 0.15) is 61.8 Å². The van der Waals surface area contributed by atoms with Crippen LogP contribution in [0.4, 0.5) is 40.3 Å². The topological polar surface area (TPSA) is 629 Å². The summed E-state index contributed by atoms with van der Waals surface area (Å²) in [6.07, 6.45) is 21.8. The van der Waals surface area contributed by atoms with Crippen LogP contribution in [0.1, 0.15) is 242 Å². The van der Waals surface area contributed by atoms with E-state index in [9.17, 15) is 53.8 Å². The molecule has 0 fully saturated rings. The molecule has 42 nitrogen and oxygen atoms in total. The summed E-state index contributed by atoms with van der Waals surface area (Å²) in [5, 5.41) is 64.4. The van der Waals surface area contributed by atoms with Crippen LogP contribution in [0.25, 0.3) is 22.1 Å². The van der Waals surface area contributed by atoms with Crippen LogP contribution in [-0.2, 0) is 41.3 Å². The molecular formula is C93H116BrClK2N17Na3O25S2. The molecule has 5 atom stereocenters. The maximum Gasteiger partial charge on any atom is -0.870 e. The van der Waals surface area contributed by atoms with E-state index >= 15 is 0 Å². The molecular weight excluding hydrogens is 2080 g/mol. The molecule has 0 aliphatic carbocycles. The first-order valence-electron chi connectivity index (χ1n) is 44.3. The van der Waals surface area contributed by atoms with Gasteiger partial charge in [-0.1, -0.05) is 42.0 Å². The Hall–Kier alpha value is -8.03. The van der Waals surface area contributed by atoms with Crippen molar-refractivity contribution >= 4 is 199 Å². The summed E-state index contributed by atoms with van der Waals surface area (Å²) in [6, 6.07) is 20.0. The summed E-state index contributed by atoms with van der Waals surface area (Å²) in [5.74, 6) is 1.56. The molecule has 0 spiro atoms. The molecule has 11 N–H and O–H groups in total. The maximum absolute atomic E-state index is 13.1. The molecule has 4 aromatic heterocycles. The molecule has 5 unspecified atom stereocenters. The normalized spacial score (nSPS) is 14.1. The van der Waals surface area contributed by atoms with Crippen molar-refractivity contribution in [3.8, 4) is 33.7 Å². The van der Waals surface area contributed by atoms with Crippen molar-refractivity contribution in [2.24, 2.45) is 5.73 Å². The van der Waals surface area contributed by atoms with Gasteiger partial charge in [-0.2, -0.15) is 32.3 Å². The van der Waals surface area contributed by atoms with E-state index in [2.05, 4.69) is 84.8 Å². The van der Waals surface area contributed by atoms with E-state index in [4.69, 9.17) is 94.7 Å². The van der Waals surface area contributed by atoms with Crippen LogP contribution in [-0.4, -0.2) is 218 Å². The van der Waals surface area contributed by atoms with E-state index in [-0.39, 0.29) is 244 Å². The van der Waals surface area contributed by atoms with E-state index in [0.717, 1.165) is 111 Å². The van der Waals surface area contributed by atoms with Gasteiger partial charge in [-0.3, -0.25) is 68.5 Å². The number of nitro benzene ring substituents is 2. The number of hydrogen-bond donors (Lipinski definition) is 7. The Morgan fingerprint density at radius 1 is 0.632 bits per heavy atom. The van der Waals surface area contributed by atoms with Gasteiger partial charge >= 0.3 is 200 Å². The third-order valence-electron chi connectivity index (χ3n) is 20.9. The number of amides is 1. The van der Waals surface area contributed by atoms with Gasteiger partial charge < -0.3 is 82.8 Å². The van der Waals surface area contributed by atoms with Gasteiger partial charge in [-0.15, -0.1) is 32.9 Å². The second-order valence-corrected chi connectivity index (χ2v) is 34.2. The first kappa shape index (κ1) is 136. The molecule has 0 saturated carbocycles. The number of carboxylic acid groups (broad SMARTS) is 1. The van der Waals surface area contributed by atoms with E-state index in [1.165, 1.54) is 95.1 Å². The van der Waals surface area contributed by atoms with Crippen molar-refractivity contribution in [3.05, 3.63) is 212 Å². The summed E-state index contributed by atoms with van der Waals surface area (Å²) < 4.78 is 72.1. The Morgan fingerprint density at radius 2 is 1.01 bits per heavy atom. The van der Waals surface area contributed by atoms with Crippen LogP contribution >= 0.6 is 27.5 Å². The van der Waals surface area contributed by atoms with Gasteiger partial charge in [-0.25, -0.2) is 14.8 Å². The predicted octanol–water partition coefficient (Wildman–Crippen LogP) is 6.31. The quantitative estimate of drug-likeness (QED) is 0.00325. The summed E-state index contributed by atoms with van der Waals surface area (Å²) >= 11 is 11.3. The zero-order valence-corrected chi connectivity index (χ0v) is 99.6. The van der Waals surface area contributed by atoms with E-state index in [1.807, 2.05) is 48.1 Å². The Kier molecular flexibility index (Phi) is 67.6. The number of imidazole rings is 2. The minimum atomic E-state index is -2.95. The minimum absolute atomic E-state index is 0. The molecule has 0 bridgehead atoms. The Bertz CT molecular complexity index is 6250. The van der Waals surface area contributed by atoms with Crippen molar-refractivity contribution in [1.29, 1.82) is 5.26 Å². The van der Waals surface area contributed by atoms with Crippen molar-refractivity contribution in [1.82, 2.24) is 38.7 Å². The molecule has 4 aliphatic rings.